The second kappa shape index (κ2) is 3.67. The highest BCUT2D eigenvalue weighted by Gasteiger charge is 2.20. The predicted molar refractivity (Wildman–Crippen MR) is 62.4 cm³/mol. The second-order valence-corrected chi connectivity index (χ2v) is 4.80. The van der Waals surface area contributed by atoms with Crippen molar-refractivity contribution in [1.29, 1.82) is 0 Å². The number of fused-ring (bicyclic) bond motifs is 1. The first-order valence-corrected chi connectivity index (χ1v) is 5.92. The van der Waals surface area contributed by atoms with Crippen LogP contribution in [0.3, 0.4) is 0 Å². The summed E-state index contributed by atoms with van der Waals surface area (Å²) >= 11 is 5.79. The van der Waals surface area contributed by atoms with E-state index in [1.807, 2.05) is 12.3 Å². The van der Waals surface area contributed by atoms with Crippen LogP contribution < -0.4 is 0 Å². The third kappa shape index (κ3) is 1.55. The van der Waals surface area contributed by atoms with E-state index >= 15 is 0 Å². The Morgan fingerprint density at radius 1 is 1.50 bits per heavy atom. The van der Waals surface area contributed by atoms with Gasteiger partial charge in [-0.2, -0.15) is 0 Å². The van der Waals surface area contributed by atoms with Crippen molar-refractivity contribution in [3.63, 3.8) is 0 Å². The molecule has 2 aromatic heterocycles. The molecule has 0 saturated carbocycles. The van der Waals surface area contributed by atoms with Crippen LogP contribution in [-0.4, -0.2) is 9.55 Å². The molecule has 0 radical (unpaired) electrons. The summed E-state index contributed by atoms with van der Waals surface area (Å²) in [5, 5.41) is 0.413. The molecular weight excluding hydrogens is 224 g/mol. The summed E-state index contributed by atoms with van der Waals surface area (Å²) in [6.45, 7) is 3.28. The van der Waals surface area contributed by atoms with Crippen LogP contribution >= 0.6 is 11.6 Å². The highest BCUT2D eigenvalue weighted by molar-refractivity contribution is 6.28. The largest absolute Gasteiger partial charge is 0.441 e. The molecule has 3 heterocycles. The molecule has 3 nitrogen and oxygen atoms in total. The second-order valence-electron chi connectivity index (χ2n) is 4.43. The lowest BCUT2D eigenvalue weighted by Gasteiger charge is -2.21. The molecule has 1 atom stereocenters. The standard InChI is InChI=1S/C12H13ClN2O/c1-8-2-3-9-6-14-12(15(9)7-8)10-4-5-11(13)16-10/h4-6,8H,2-3,7H2,1H3. The molecule has 84 valence electrons. The molecule has 4 heteroatoms. The fourth-order valence-corrected chi connectivity index (χ4v) is 2.39. The van der Waals surface area contributed by atoms with Crippen LogP contribution in [0.1, 0.15) is 19.0 Å². The van der Waals surface area contributed by atoms with E-state index in [2.05, 4.69) is 16.5 Å². The molecule has 1 unspecified atom stereocenters. The van der Waals surface area contributed by atoms with Crippen molar-refractivity contribution in [2.75, 3.05) is 0 Å². The molecule has 0 aromatic carbocycles. The van der Waals surface area contributed by atoms with Gasteiger partial charge in [0.25, 0.3) is 0 Å². The Hall–Kier alpha value is -1.22. The molecule has 2 aromatic rings. The molecule has 0 bridgehead atoms. The first kappa shape index (κ1) is 9.97. The summed E-state index contributed by atoms with van der Waals surface area (Å²) < 4.78 is 7.65. The maximum absolute atomic E-state index is 5.79. The number of nitrogens with zero attached hydrogens (tertiary/aromatic N) is 2. The number of halogens is 1. The van der Waals surface area contributed by atoms with Gasteiger partial charge in [-0.25, -0.2) is 4.98 Å². The van der Waals surface area contributed by atoms with Crippen LogP contribution in [0, 0.1) is 5.92 Å². The van der Waals surface area contributed by atoms with Gasteiger partial charge < -0.3 is 8.98 Å². The van der Waals surface area contributed by atoms with Gasteiger partial charge in [0.05, 0.1) is 0 Å². The highest BCUT2D eigenvalue weighted by Crippen LogP contribution is 2.28. The predicted octanol–water partition coefficient (Wildman–Crippen LogP) is 3.38. The molecule has 3 rings (SSSR count). The Morgan fingerprint density at radius 3 is 3.12 bits per heavy atom. The number of rotatable bonds is 1. The van der Waals surface area contributed by atoms with Crippen LogP contribution in [0.15, 0.2) is 22.7 Å². The monoisotopic (exact) mass is 236 g/mol. The zero-order valence-corrected chi connectivity index (χ0v) is 9.87. The minimum atomic E-state index is 0.413. The van der Waals surface area contributed by atoms with Gasteiger partial charge >= 0.3 is 0 Å². The molecule has 0 saturated heterocycles. The fourth-order valence-electron chi connectivity index (χ4n) is 2.24. The lowest BCUT2D eigenvalue weighted by Crippen LogP contribution is -2.18. The van der Waals surface area contributed by atoms with E-state index in [1.165, 1.54) is 12.1 Å². The Kier molecular flexibility index (Phi) is 2.28. The first-order chi connectivity index (χ1) is 7.74. The number of imidazole rings is 1. The average Bonchev–Trinajstić information content (AvgIpc) is 2.83. The minimum Gasteiger partial charge on any atom is -0.441 e. The lowest BCUT2D eigenvalue weighted by atomic mass is 10.0. The van der Waals surface area contributed by atoms with Gasteiger partial charge in [0.1, 0.15) is 0 Å². The summed E-state index contributed by atoms with van der Waals surface area (Å²) in [5.74, 6) is 2.35. The van der Waals surface area contributed by atoms with Crippen LogP contribution in [0.5, 0.6) is 0 Å². The van der Waals surface area contributed by atoms with Crippen molar-refractivity contribution in [2.45, 2.75) is 26.3 Å². The Balaban J connectivity index is 2.06. The van der Waals surface area contributed by atoms with E-state index in [4.69, 9.17) is 16.0 Å². The number of hydrogen-bond donors (Lipinski definition) is 0. The van der Waals surface area contributed by atoms with Gasteiger partial charge in [-0.1, -0.05) is 6.92 Å². The summed E-state index contributed by atoms with van der Waals surface area (Å²) in [7, 11) is 0. The lowest BCUT2D eigenvalue weighted by molar-refractivity contribution is 0.399. The first-order valence-electron chi connectivity index (χ1n) is 5.54. The van der Waals surface area contributed by atoms with E-state index in [-0.39, 0.29) is 0 Å². The van der Waals surface area contributed by atoms with Crippen molar-refractivity contribution in [3.8, 4) is 11.6 Å². The number of hydrogen-bond acceptors (Lipinski definition) is 2. The highest BCUT2D eigenvalue weighted by atomic mass is 35.5. The van der Waals surface area contributed by atoms with Gasteiger partial charge in [-0.05, 0) is 42.5 Å². The van der Waals surface area contributed by atoms with Gasteiger partial charge in [-0.15, -0.1) is 0 Å². The van der Waals surface area contributed by atoms with E-state index in [0.29, 0.717) is 11.1 Å². The van der Waals surface area contributed by atoms with Gasteiger partial charge in [0.15, 0.2) is 16.8 Å². The van der Waals surface area contributed by atoms with Crippen LogP contribution in [-0.2, 0) is 13.0 Å². The van der Waals surface area contributed by atoms with Gasteiger partial charge in [0.2, 0.25) is 0 Å². The molecule has 0 fully saturated rings. The van der Waals surface area contributed by atoms with Crippen LogP contribution in [0.25, 0.3) is 11.6 Å². The van der Waals surface area contributed by atoms with Gasteiger partial charge in [0, 0.05) is 18.4 Å². The molecule has 0 aliphatic carbocycles. The van der Waals surface area contributed by atoms with E-state index in [0.717, 1.165) is 24.6 Å². The van der Waals surface area contributed by atoms with Crippen LogP contribution in [0.2, 0.25) is 5.22 Å². The molecule has 0 spiro atoms. The summed E-state index contributed by atoms with van der Waals surface area (Å²) in [6.07, 6.45) is 4.28. The number of furan rings is 1. The van der Waals surface area contributed by atoms with Crippen molar-refractivity contribution < 1.29 is 4.42 Å². The van der Waals surface area contributed by atoms with Crippen LogP contribution in [0.4, 0.5) is 0 Å². The quantitative estimate of drug-likeness (QED) is 0.760. The van der Waals surface area contributed by atoms with E-state index < -0.39 is 0 Å². The van der Waals surface area contributed by atoms with Crippen molar-refractivity contribution >= 4 is 11.6 Å². The Morgan fingerprint density at radius 2 is 2.38 bits per heavy atom. The van der Waals surface area contributed by atoms with Crippen molar-refractivity contribution in [1.82, 2.24) is 9.55 Å². The van der Waals surface area contributed by atoms with E-state index in [9.17, 15) is 0 Å². The zero-order chi connectivity index (χ0) is 11.1. The molecule has 1 aliphatic heterocycles. The SMILES string of the molecule is CC1CCc2cnc(-c3ccc(Cl)o3)n2C1. The van der Waals surface area contributed by atoms with Gasteiger partial charge in [-0.3, -0.25) is 0 Å². The van der Waals surface area contributed by atoms with Crippen molar-refractivity contribution in [2.24, 2.45) is 5.92 Å². The summed E-state index contributed by atoms with van der Waals surface area (Å²) in [6, 6.07) is 3.63. The Labute approximate surface area is 99.0 Å². The van der Waals surface area contributed by atoms with Crippen molar-refractivity contribution in [3.05, 3.63) is 29.2 Å². The average molecular weight is 237 g/mol. The normalized spacial score (nSPS) is 19.8. The topological polar surface area (TPSA) is 31.0 Å². The molecule has 1 aliphatic rings. The molecule has 16 heavy (non-hydrogen) atoms. The zero-order valence-electron chi connectivity index (χ0n) is 9.11. The third-order valence-corrected chi connectivity index (χ3v) is 3.32. The molecule has 0 N–H and O–H groups in total. The summed E-state index contributed by atoms with van der Waals surface area (Å²) in [5.41, 5.74) is 1.29. The smallest absolute Gasteiger partial charge is 0.194 e. The fraction of sp³-hybridized carbons (Fsp3) is 0.417. The maximum atomic E-state index is 5.79. The van der Waals surface area contributed by atoms with E-state index in [1.54, 1.807) is 6.07 Å². The molecule has 0 amide bonds. The number of aromatic nitrogens is 2. The summed E-state index contributed by atoms with van der Waals surface area (Å²) in [4.78, 5) is 4.43. The third-order valence-electron chi connectivity index (χ3n) is 3.12. The minimum absolute atomic E-state index is 0.413. The Bertz CT molecular complexity index is 515. The maximum Gasteiger partial charge on any atom is 0.194 e. The molecular formula is C12H13ClN2O. The number of aryl methyl sites for hydroxylation is 1.